The number of carbonyl (C=O) groups is 2. The van der Waals surface area contributed by atoms with Gasteiger partial charge in [-0.3, -0.25) is 9.59 Å². The van der Waals surface area contributed by atoms with Gasteiger partial charge in [-0.15, -0.1) is 0 Å². The van der Waals surface area contributed by atoms with Gasteiger partial charge in [0.15, 0.2) is 0 Å². The molecule has 3 unspecified atom stereocenters. The van der Waals surface area contributed by atoms with E-state index in [0.29, 0.717) is 18.2 Å². The quantitative estimate of drug-likeness (QED) is 0.811. The van der Waals surface area contributed by atoms with Crippen LogP contribution in [0, 0.1) is 16.7 Å². The van der Waals surface area contributed by atoms with Gasteiger partial charge in [-0.05, 0) is 19.8 Å². The first-order chi connectivity index (χ1) is 7.70. The summed E-state index contributed by atoms with van der Waals surface area (Å²) in [5.74, 6) is -1.01. The van der Waals surface area contributed by atoms with Crippen LogP contribution in [0.15, 0.2) is 0 Å². The van der Waals surface area contributed by atoms with Gasteiger partial charge in [-0.25, -0.2) is 0 Å². The van der Waals surface area contributed by atoms with Crippen molar-refractivity contribution >= 4 is 27.8 Å². The molecule has 1 fully saturated rings. The van der Waals surface area contributed by atoms with E-state index in [1.165, 1.54) is 0 Å². The molecule has 1 rings (SSSR count). The number of carbonyl (C=O) groups excluding carboxylic acids is 1. The van der Waals surface area contributed by atoms with E-state index in [9.17, 15) is 14.7 Å². The Morgan fingerprint density at radius 3 is 2.29 bits per heavy atom. The van der Waals surface area contributed by atoms with Gasteiger partial charge in [0.05, 0.1) is 5.41 Å². The molecule has 0 saturated heterocycles. The smallest absolute Gasteiger partial charge is 0.309 e. The van der Waals surface area contributed by atoms with Gasteiger partial charge in [-0.2, -0.15) is 0 Å². The van der Waals surface area contributed by atoms with Crippen molar-refractivity contribution in [2.75, 3.05) is 19.4 Å². The average molecular weight is 306 g/mol. The summed E-state index contributed by atoms with van der Waals surface area (Å²) in [5, 5.41) is 9.95. The van der Waals surface area contributed by atoms with Gasteiger partial charge in [-0.1, -0.05) is 22.9 Å². The Morgan fingerprint density at radius 2 is 1.94 bits per heavy atom. The molecule has 3 atom stereocenters. The highest BCUT2D eigenvalue weighted by Crippen LogP contribution is 2.57. The molecule has 0 heterocycles. The van der Waals surface area contributed by atoms with Crippen molar-refractivity contribution in [3.05, 3.63) is 0 Å². The molecule has 0 aliphatic heterocycles. The zero-order valence-corrected chi connectivity index (χ0v) is 12.4. The lowest BCUT2D eigenvalue weighted by atomic mass is 9.65. The van der Waals surface area contributed by atoms with E-state index in [-0.39, 0.29) is 11.8 Å². The summed E-state index contributed by atoms with van der Waals surface area (Å²) in [5.41, 5.74) is -1.38. The third-order valence-electron chi connectivity index (χ3n) is 4.45. The van der Waals surface area contributed by atoms with Gasteiger partial charge >= 0.3 is 5.97 Å². The maximum atomic E-state index is 12.1. The summed E-state index contributed by atoms with van der Waals surface area (Å²) in [6.07, 6.45) is 1.19. The van der Waals surface area contributed by atoms with Crippen LogP contribution >= 0.6 is 15.9 Å². The molecular weight excluding hydrogens is 286 g/mol. The largest absolute Gasteiger partial charge is 0.481 e. The summed E-state index contributed by atoms with van der Waals surface area (Å²) in [6.45, 7) is 3.65. The van der Waals surface area contributed by atoms with Gasteiger partial charge in [0, 0.05) is 30.8 Å². The minimum Gasteiger partial charge on any atom is -0.481 e. The predicted octanol–water partition coefficient (Wildman–Crippen LogP) is 1.98. The molecule has 0 radical (unpaired) electrons. The first-order valence-corrected chi connectivity index (χ1v) is 6.83. The van der Waals surface area contributed by atoms with Crippen molar-refractivity contribution in [3.8, 4) is 0 Å². The number of aliphatic carboxylic acids is 1. The third-order valence-corrected chi connectivity index (χ3v) is 5.62. The lowest BCUT2D eigenvalue weighted by Gasteiger charge is -2.40. The molecule has 98 valence electrons. The first-order valence-electron chi connectivity index (χ1n) is 5.71. The second-order valence-electron chi connectivity index (χ2n) is 5.51. The lowest BCUT2D eigenvalue weighted by Crippen LogP contribution is -2.48. The van der Waals surface area contributed by atoms with Gasteiger partial charge in [0.1, 0.15) is 0 Å². The maximum Gasteiger partial charge on any atom is 0.309 e. The molecule has 5 heteroatoms. The summed E-state index contributed by atoms with van der Waals surface area (Å²) in [6, 6.07) is 0. The van der Waals surface area contributed by atoms with Gasteiger partial charge in [0.2, 0.25) is 5.91 Å². The molecule has 0 aromatic heterocycles. The SMILES string of the molecule is CN(C)C(=O)C1CCC(C)(C(=O)O)C1(C)CBr. The van der Waals surface area contributed by atoms with E-state index in [0.717, 1.165) is 0 Å². The summed E-state index contributed by atoms with van der Waals surface area (Å²) >= 11 is 3.40. The monoisotopic (exact) mass is 305 g/mol. The third kappa shape index (κ3) is 1.98. The van der Waals surface area contributed by atoms with E-state index in [2.05, 4.69) is 15.9 Å². The summed E-state index contributed by atoms with van der Waals surface area (Å²) < 4.78 is 0. The Bertz CT molecular complexity index is 345. The molecule has 17 heavy (non-hydrogen) atoms. The molecule has 1 saturated carbocycles. The number of rotatable bonds is 3. The van der Waals surface area contributed by atoms with Crippen molar-refractivity contribution in [2.45, 2.75) is 26.7 Å². The van der Waals surface area contributed by atoms with E-state index in [1.807, 2.05) is 6.92 Å². The second kappa shape index (κ2) is 4.59. The van der Waals surface area contributed by atoms with E-state index >= 15 is 0 Å². The van der Waals surface area contributed by atoms with Crippen LogP contribution in [0.1, 0.15) is 26.7 Å². The topological polar surface area (TPSA) is 57.6 Å². The van der Waals surface area contributed by atoms with Crippen LogP contribution in [0.25, 0.3) is 0 Å². The van der Waals surface area contributed by atoms with Crippen molar-refractivity contribution in [1.82, 2.24) is 4.90 Å². The lowest BCUT2D eigenvalue weighted by molar-refractivity contribution is -0.155. The van der Waals surface area contributed by atoms with E-state index < -0.39 is 16.8 Å². The van der Waals surface area contributed by atoms with Crippen molar-refractivity contribution in [2.24, 2.45) is 16.7 Å². The van der Waals surface area contributed by atoms with Crippen LogP contribution in [-0.2, 0) is 9.59 Å². The first kappa shape index (κ1) is 14.5. The Kier molecular flexibility index (Phi) is 3.91. The maximum absolute atomic E-state index is 12.1. The zero-order chi connectivity index (χ0) is 13.4. The van der Waals surface area contributed by atoms with Crippen LogP contribution in [0.2, 0.25) is 0 Å². The van der Waals surface area contributed by atoms with Crippen molar-refractivity contribution < 1.29 is 14.7 Å². The Hall–Kier alpha value is -0.580. The second-order valence-corrected chi connectivity index (χ2v) is 6.07. The zero-order valence-electron chi connectivity index (χ0n) is 10.8. The molecule has 4 nitrogen and oxygen atoms in total. The number of amides is 1. The molecule has 1 N–H and O–H groups in total. The molecule has 1 aliphatic rings. The number of halogens is 1. The van der Waals surface area contributed by atoms with Crippen LogP contribution in [-0.4, -0.2) is 41.3 Å². The molecule has 0 bridgehead atoms. The minimum atomic E-state index is -0.840. The number of carboxylic acids is 1. The van der Waals surface area contributed by atoms with E-state index in [4.69, 9.17) is 0 Å². The molecule has 1 aliphatic carbocycles. The normalized spacial score (nSPS) is 36.9. The van der Waals surface area contributed by atoms with Crippen LogP contribution in [0.3, 0.4) is 0 Å². The fourth-order valence-electron chi connectivity index (χ4n) is 2.72. The number of nitrogens with zero attached hydrogens (tertiary/aromatic N) is 1. The highest BCUT2D eigenvalue weighted by Gasteiger charge is 2.60. The number of carboxylic acid groups (broad SMARTS) is 1. The Labute approximate surface area is 110 Å². The standard InChI is InChI=1S/C12H20BrNO3/c1-11(10(16)17)6-5-8(9(15)14(3)4)12(11,2)7-13/h8H,5-7H2,1-4H3,(H,16,17). The van der Waals surface area contributed by atoms with E-state index in [1.54, 1.807) is 25.9 Å². The van der Waals surface area contributed by atoms with Gasteiger partial charge in [0.25, 0.3) is 0 Å². The highest BCUT2D eigenvalue weighted by molar-refractivity contribution is 9.09. The molecule has 0 aromatic carbocycles. The minimum absolute atomic E-state index is 0.0249. The van der Waals surface area contributed by atoms with Crippen molar-refractivity contribution in [3.63, 3.8) is 0 Å². The fraction of sp³-hybridized carbons (Fsp3) is 0.833. The highest BCUT2D eigenvalue weighted by atomic mass is 79.9. The number of alkyl halides is 1. The molecule has 1 amide bonds. The number of hydrogen-bond acceptors (Lipinski definition) is 2. The van der Waals surface area contributed by atoms with Crippen LogP contribution in [0.4, 0.5) is 0 Å². The van der Waals surface area contributed by atoms with Gasteiger partial charge < -0.3 is 10.0 Å². The summed E-state index contributed by atoms with van der Waals surface area (Å²) in [4.78, 5) is 25.2. The molecular formula is C12H20BrNO3. The van der Waals surface area contributed by atoms with Crippen molar-refractivity contribution in [1.29, 1.82) is 0 Å². The predicted molar refractivity (Wildman–Crippen MR) is 69.1 cm³/mol. The summed E-state index contributed by atoms with van der Waals surface area (Å²) in [7, 11) is 3.43. The average Bonchev–Trinajstić information content (AvgIpc) is 2.53. The fourth-order valence-corrected chi connectivity index (χ4v) is 3.73. The molecule has 0 spiro atoms. The number of hydrogen-bond donors (Lipinski definition) is 1. The Morgan fingerprint density at radius 1 is 1.41 bits per heavy atom. The molecule has 0 aromatic rings. The van der Waals surface area contributed by atoms with Crippen LogP contribution in [0.5, 0.6) is 0 Å². The Balaban J connectivity index is 3.15. The van der Waals surface area contributed by atoms with Crippen LogP contribution < -0.4 is 0 Å².